The van der Waals surface area contributed by atoms with Gasteiger partial charge < -0.3 is 0 Å². The lowest BCUT2D eigenvalue weighted by Gasteiger charge is -2.15. The summed E-state index contributed by atoms with van der Waals surface area (Å²) >= 11 is 0. The van der Waals surface area contributed by atoms with Crippen LogP contribution in [0.2, 0.25) is 0 Å². The van der Waals surface area contributed by atoms with E-state index in [-0.39, 0.29) is 0 Å². The average molecular weight is 775 g/mol. The Morgan fingerprint density at radius 1 is 0.279 bits per heavy atom. The fourth-order valence-corrected chi connectivity index (χ4v) is 9.47. The Morgan fingerprint density at radius 2 is 0.639 bits per heavy atom. The van der Waals surface area contributed by atoms with E-state index in [2.05, 4.69) is 235 Å². The minimum absolute atomic E-state index is 0.908. The first-order chi connectivity index (χ1) is 30.2. The first-order valence-electron chi connectivity index (χ1n) is 21.0. The topological polar surface area (TPSA) is 17.8 Å². The van der Waals surface area contributed by atoms with E-state index in [1.165, 1.54) is 76.6 Å². The summed E-state index contributed by atoms with van der Waals surface area (Å²) in [5.74, 6) is 0.908. The molecule has 0 fully saturated rings. The number of fused-ring (bicyclic) bond motifs is 6. The van der Waals surface area contributed by atoms with Crippen LogP contribution in [-0.4, -0.2) is 9.55 Å². The molecule has 0 bridgehead atoms. The highest BCUT2D eigenvalue weighted by Gasteiger charge is 2.20. The molecule has 0 N–H and O–H groups in total. The molecule has 12 rings (SSSR count). The Bertz CT molecular complexity index is 3600. The number of hydrogen-bond acceptors (Lipinski definition) is 1. The van der Waals surface area contributed by atoms with Crippen LogP contribution in [0.5, 0.6) is 0 Å². The van der Waals surface area contributed by atoms with Crippen molar-refractivity contribution >= 4 is 54.1 Å². The van der Waals surface area contributed by atoms with Crippen molar-refractivity contribution in [2.24, 2.45) is 0 Å². The zero-order valence-electron chi connectivity index (χ0n) is 33.3. The molecule has 11 aromatic carbocycles. The molecule has 0 aliphatic carbocycles. The van der Waals surface area contributed by atoms with E-state index in [1.807, 2.05) is 0 Å². The van der Waals surface area contributed by atoms with Crippen LogP contribution in [0.4, 0.5) is 0 Å². The highest BCUT2D eigenvalue weighted by molar-refractivity contribution is 6.13. The van der Waals surface area contributed by atoms with Crippen LogP contribution in [-0.2, 0) is 0 Å². The van der Waals surface area contributed by atoms with Gasteiger partial charge in [0.2, 0.25) is 0 Å². The summed E-state index contributed by atoms with van der Waals surface area (Å²) in [6, 6.07) is 83.6. The monoisotopic (exact) mass is 774 g/mol. The van der Waals surface area contributed by atoms with Crippen LogP contribution in [0.1, 0.15) is 0 Å². The Morgan fingerprint density at radius 3 is 1.11 bits per heavy atom. The number of nitrogens with zero attached hydrogens (tertiary/aromatic N) is 2. The van der Waals surface area contributed by atoms with Crippen molar-refractivity contribution in [3.05, 3.63) is 231 Å². The van der Waals surface area contributed by atoms with Crippen molar-refractivity contribution in [3.63, 3.8) is 0 Å². The van der Waals surface area contributed by atoms with Crippen LogP contribution in [0.3, 0.4) is 0 Å². The van der Waals surface area contributed by atoms with Gasteiger partial charge in [-0.1, -0.05) is 212 Å². The van der Waals surface area contributed by atoms with Gasteiger partial charge in [-0.15, -0.1) is 0 Å². The second-order valence-electron chi connectivity index (χ2n) is 15.9. The van der Waals surface area contributed by atoms with Crippen LogP contribution < -0.4 is 0 Å². The minimum Gasteiger partial charge on any atom is -0.292 e. The molecule has 0 unspecified atom stereocenters. The van der Waals surface area contributed by atoms with Gasteiger partial charge in [0.25, 0.3) is 0 Å². The van der Waals surface area contributed by atoms with Crippen molar-refractivity contribution < 1.29 is 0 Å². The van der Waals surface area contributed by atoms with Gasteiger partial charge in [-0.3, -0.25) is 4.57 Å². The molecular weight excluding hydrogens is 737 g/mol. The number of imidazole rings is 1. The van der Waals surface area contributed by atoms with Crippen molar-refractivity contribution in [3.8, 4) is 61.6 Å². The third-order valence-electron chi connectivity index (χ3n) is 12.4. The first-order valence-corrected chi connectivity index (χ1v) is 21.0. The van der Waals surface area contributed by atoms with E-state index in [0.717, 1.165) is 39.1 Å². The van der Waals surface area contributed by atoms with Gasteiger partial charge in [-0.05, 0) is 100 Å². The summed E-state index contributed by atoms with van der Waals surface area (Å²) in [5, 5.41) is 9.85. The maximum Gasteiger partial charge on any atom is 0.145 e. The van der Waals surface area contributed by atoms with Crippen molar-refractivity contribution in [1.29, 1.82) is 0 Å². The zero-order chi connectivity index (χ0) is 40.3. The summed E-state index contributed by atoms with van der Waals surface area (Å²) in [5.41, 5.74) is 13.8. The van der Waals surface area contributed by atoms with Gasteiger partial charge in [0, 0.05) is 16.6 Å². The zero-order valence-corrected chi connectivity index (χ0v) is 33.3. The SMILES string of the molecule is c1ccc2c(-c3ccc(-c4cc5nc(-c6ccc(-c7cccc8ccccc78)cc6)n(-c6ccc(-c7cccc8ccccc78)cc6)c5c5ccccc45)cc3)cccc2c1. The highest BCUT2D eigenvalue weighted by Crippen LogP contribution is 2.41. The molecule has 12 aromatic rings. The molecule has 1 heterocycles. The Hall–Kier alpha value is -8.07. The van der Waals surface area contributed by atoms with Crippen molar-refractivity contribution in [2.75, 3.05) is 0 Å². The third kappa shape index (κ3) is 5.92. The van der Waals surface area contributed by atoms with Gasteiger partial charge in [0.15, 0.2) is 0 Å². The maximum atomic E-state index is 5.53. The number of aromatic nitrogens is 2. The number of hydrogen-bond donors (Lipinski definition) is 0. The number of rotatable bonds is 6. The van der Waals surface area contributed by atoms with Gasteiger partial charge in [0.05, 0.1) is 11.0 Å². The van der Waals surface area contributed by atoms with Crippen LogP contribution in [0, 0.1) is 0 Å². The lowest BCUT2D eigenvalue weighted by molar-refractivity contribution is 1.11. The average Bonchev–Trinajstić information content (AvgIpc) is 3.73. The van der Waals surface area contributed by atoms with E-state index in [1.54, 1.807) is 0 Å². The molecule has 61 heavy (non-hydrogen) atoms. The van der Waals surface area contributed by atoms with Gasteiger partial charge in [-0.2, -0.15) is 0 Å². The third-order valence-corrected chi connectivity index (χ3v) is 12.4. The van der Waals surface area contributed by atoms with Gasteiger partial charge in [-0.25, -0.2) is 4.98 Å². The fourth-order valence-electron chi connectivity index (χ4n) is 9.47. The van der Waals surface area contributed by atoms with E-state index in [4.69, 9.17) is 4.98 Å². The molecule has 0 aliphatic heterocycles. The molecular formula is C59H38N2. The molecule has 0 atom stereocenters. The number of benzene rings is 11. The van der Waals surface area contributed by atoms with E-state index in [0.29, 0.717) is 0 Å². The lowest BCUT2D eigenvalue weighted by Crippen LogP contribution is -1.98. The maximum absolute atomic E-state index is 5.53. The largest absolute Gasteiger partial charge is 0.292 e. The molecule has 2 heteroatoms. The van der Waals surface area contributed by atoms with E-state index in [9.17, 15) is 0 Å². The van der Waals surface area contributed by atoms with Crippen LogP contribution >= 0.6 is 0 Å². The molecule has 284 valence electrons. The summed E-state index contributed by atoms with van der Waals surface area (Å²) in [6.07, 6.45) is 0. The fraction of sp³-hybridized carbons (Fsp3) is 0. The second kappa shape index (κ2) is 14.3. The van der Waals surface area contributed by atoms with E-state index < -0.39 is 0 Å². The molecule has 0 amide bonds. The molecule has 1 aromatic heterocycles. The Kier molecular flexibility index (Phi) is 8.21. The van der Waals surface area contributed by atoms with Gasteiger partial charge in [0.1, 0.15) is 5.82 Å². The Balaban J connectivity index is 1.03. The molecule has 0 saturated heterocycles. The second-order valence-corrected chi connectivity index (χ2v) is 15.9. The molecule has 0 saturated carbocycles. The Labute approximate surface area is 354 Å². The molecule has 0 radical (unpaired) electrons. The summed E-state index contributed by atoms with van der Waals surface area (Å²) < 4.78 is 2.37. The smallest absolute Gasteiger partial charge is 0.145 e. The molecule has 2 nitrogen and oxygen atoms in total. The summed E-state index contributed by atoms with van der Waals surface area (Å²) in [6.45, 7) is 0. The minimum atomic E-state index is 0.908. The lowest BCUT2D eigenvalue weighted by atomic mass is 9.93. The quantitative estimate of drug-likeness (QED) is 0.165. The predicted molar refractivity (Wildman–Crippen MR) is 258 cm³/mol. The molecule has 0 aliphatic rings. The standard InChI is InChI=1S/C59H38N2/c1-4-18-48-39(12-1)15-9-23-51(48)42-26-28-45(29-27-42)56-38-57-58(55-22-8-7-21-54(55)56)61(47-36-34-44(35-37-47)53-25-11-17-41-14-3-6-20-50(41)53)59(60-57)46-32-30-43(31-33-46)52-24-10-16-40-13-2-5-19-49(40)52/h1-38H. The van der Waals surface area contributed by atoms with Crippen LogP contribution in [0.15, 0.2) is 231 Å². The van der Waals surface area contributed by atoms with Crippen molar-refractivity contribution in [1.82, 2.24) is 9.55 Å². The summed E-state index contributed by atoms with van der Waals surface area (Å²) in [7, 11) is 0. The molecule has 0 spiro atoms. The van der Waals surface area contributed by atoms with Gasteiger partial charge >= 0.3 is 0 Å². The normalized spacial score (nSPS) is 11.6. The predicted octanol–water partition coefficient (Wildman–Crippen LogP) is 16.0. The van der Waals surface area contributed by atoms with Crippen molar-refractivity contribution in [2.45, 2.75) is 0 Å². The highest BCUT2D eigenvalue weighted by atomic mass is 15.1. The summed E-state index contributed by atoms with van der Waals surface area (Å²) in [4.78, 5) is 5.53. The first kappa shape index (κ1) is 34.9. The van der Waals surface area contributed by atoms with Crippen LogP contribution in [0.25, 0.3) is 116 Å². The van der Waals surface area contributed by atoms with E-state index >= 15 is 0 Å².